The van der Waals surface area contributed by atoms with Gasteiger partial charge in [0.15, 0.2) is 0 Å². The number of hydroxylamine groups is 2. The lowest BCUT2D eigenvalue weighted by molar-refractivity contribution is 0.129. The van der Waals surface area contributed by atoms with E-state index >= 15 is 0 Å². The number of aliphatic hydroxyl groups excluding tert-OH is 1. The van der Waals surface area contributed by atoms with E-state index in [2.05, 4.69) is 32.7 Å². The van der Waals surface area contributed by atoms with Crippen LogP contribution in [0.5, 0.6) is 0 Å². The van der Waals surface area contributed by atoms with Crippen molar-refractivity contribution in [3.05, 3.63) is 82.7 Å². The number of benzene rings is 1. The molecule has 0 aromatic heterocycles. The Morgan fingerprint density at radius 2 is 1.79 bits per heavy atom. The van der Waals surface area contributed by atoms with Crippen molar-refractivity contribution in [2.75, 3.05) is 45.9 Å². The molecule has 1 aromatic rings. The van der Waals surface area contributed by atoms with Crippen LogP contribution in [-0.2, 0) is 0 Å². The van der Waals surface area contributed by atoms with Crippen LogP contribution in [-0.4, -0.2) is 70.7 Å². The Hall–Kier alpha value is -2.94. The second-order valence-electron chi connectivity index (χ2n) is 7.46. The Kier molecular flexibility index (Phi) is 4.67. The van der Waals surface area contributed by atoms with Crippen LogP contribution in [0.1, 0.15) is 5.56 Å². The molecule has 0 unspecified atom stereocenters. The fourth-order valence-corrected chi connectivity index (χ4v) is 4.24. The summed E-state index contributed by atoms with van der Waals surface area (Å²) in [6.45, 7) is 5.19. The predicted molar refractivity (Wildman–Crippen MR) is 111 cm³/mol. The molecule has 1 aromatic carbocycles. The number of hydrogen-bond donors (Lipinski definition) is 3. The summed E-state index contributed by atoms with van der Waals surface area (Å²) in [5.74, 6) is 2.56. The van der Waals surface area contributed by atoms with E-state index in [0.29, 0.717) is 12.2 Å². The zero-order chi connectivity index (χ0) is 19.8. The van der Waals surface area contributed by atoms with E-state index in [9.17, 15) is 5.21 Å². The van der Waals surface area contributed by atoms with Gasteiger partial charge in [-0.25, -0.2) is 0 Å². The summed E-state index contributed by atoms with van der Waals surface area (Å²) in [6.07, 6.45) is 5.73. The van der Waals surface area contributed by atoms with Crippen LogP contribution in [0.2, 0.25) is 0 Å². The van der Waals surface area contributed by atoms with E-state index in [1.54, 1.807) is 6.20 Å². The van der Waals surface area contributed by atoms with Crippen LogP contribution >= 0.6 is 0 Å². The molecular weight excluding hydrogens is 368 g/mol. The van der Waals surface area contributed by atoms with Gasteiger partial charge in [-0.05, 0) is 5.56 Å². The summed E-state index contributed by atoms with van der Waals surface area (Å²) in [4.78, 5) is 6.59. The van der Waals surface area contributed by atoms with Crippen molar-refractivity contribution < 1.29 is 5.11 Å². The minimum Gasteiger partial charge on any atom is -0.754 e. The normalized spacial score (nSPS) is 21.7. The molecule has 1 fully saturated rings. The van der Waals surface area contributed by atoms with Crippen molar-refractivity contribution in [2.24, 2.45) is 0 Å². The summed E-state index contributed by atoms with van der Waals surface area (Å²) in [7, 11) is 0. The number of rotatable bonds is 4. The van der Waals surface area contributed by atoms with Crippen LogP contribution in [0.4, 0.5) is 0 Å². The van der Waals surface area contributed by atoms with Gasteiger partial charge in [0.25, 0.3) is 0 Å². The zero-order valence-electron chi connectivity index (χ0n) is 16.2. The molecule has 8 heteroatoms. The van der Waals surface area contributed by atoms with Gasteiger partial charge < -0.3 is 30.9 Å². The summed E-state index contributed by atoms with van der Waals surface area (Å²) in [6, 6.07) is 10.0. The molecule has 0 radical (unpaired) electrons. The number of β-amino-alcohol motifs (C(OH)–C–C–N with tert-alkyl or cyclic N) is 1. The number of nitrogens with zero attached hydrogens (tertiary/aromatic N) is 4. The minimum absolute atomic E-state index is 0.195. The van der Waals surface area contributed by atoms with E-state index in [-0.39, 0.29) is 6.61 Å². The third-order valence-corrected chi connectivity index (χ3v) is 5.74. The van der Waals surface area contributed by atoms with Crippen molar-refractivity contribution in [1.82, 2.24) is 30.4 Å². The van der Waals surface area contributed by atoms with Crippen molar-refractivity contribution in [3.63, 3.8) is 0 Å². The quantitative estimate of drug-likeness (QED) is 0.692. The Labute approximate surface area is 170 Å². The highest BCUT2D eigenvalue weighted by Gasteiger charge is 2.33. The van der Waals surface area contributed by atoms with Gasteiger partial charge in [0.05, 0.1) is 18.5 Å². The van der Waals surface area contributed by atoms with Gasteiger partial charge in [0.1, 0.15) is 17.5 Å². The molecule has 0 amide bonds. The average molecular weight is 393 g/mol. The molecule has 1 saturated heterocycles. The number of hydrogen-bond acceptors (Lipinski definition) is 8. The molecule has 0 spiro atoms. The minimum atomic E-state index is 0.195. The first kappa shape index (κ1) is 18.1. The number of piperazine rings is 1. The summed E-state index contributed by atoms with van der Waals surface area (Å²) < 4.78 is 0. The van der Waals surface area contributed by atoms with Crippen LogP contribution in [0.15, 0.2) is 72.0 Å². The maximum atomic E-state index is 12.9. The first-order valence-electron chi connectivity index (χ1n) is 10.0. The van der Waals surface area contributed by atoms with Gasteiger partial charge in [0, 0.05) is 51.0 Å². The Balaban J connectivity index is 1.41. The van der Waals surface area contributed by atoms with Crippen LogP contribution < -0.4 is 10.6 Å². The highest BCUT2D eigenvalue weighted by Crippen LogP contribution is 2.37. The number of dihydropyridines is 1. The molecular formula is C21H25N6O2-. The first-order chi connectivity index (χ1) is 14.2. The second-order valence-corrected chi connectivity index (χ2v) is 7.46. The van der Waals surface area contributed by atoms with Gasteiger partial charge in [-0.3, -0.25) is 9.80 Å². The fourth-order valence-electron chi connectivity index (χ4n) is 4.24. The number of allylic oxidation sites excluding steroid dienone is 1. The Morgan fingerprint density at radius 1 is 1.00 bits per heavy atom. The van der Waals surface area contributed by atoms with Gasteiger partial charge in [-0.15, -0.1) is 0 Å². The highest BCUT2D eigenvalue weighted by atomic mass is 16.5. The topological polar surface area (TPSA) is 80.3 Å². The lowest BCUT2D eigenvalue weighted by Gasteiger charge is -2.42. The SMILES string of the molecule is [O-]N1C=C2NC(N3CCN(CCO)CC3)=CN2C2=C1C(c1ccccc1)=CCN2. The monoisotopic (exact) mass is 393 g/mol. The summed E-state index contributed by atoms with van der Waals surface area (Å²) >= 11 is 0. The average Bonchev–Trinajstić information content (AvgIpc) is 3.19. The van der Waals surface area contributed by atoms with Crippen molar-refractivity contribution >= 4 is 5.57 Å². The number of fused-ring (bicyclic) bond motifs is 2. The van der Waals surface area contributed by atoms with E-state index < -0.39 is 0 Å². The van der Waals surface area contributed by atoms with Crippen LogP contribution in [0.25, 0.3) is 5.57 Å². The summed E-state index contributed by atoms with van der Waals surface area (Å²) in [5.41, 5.74) is 2.62. The van der Waals surface area contributed by atoms with Crippen molar-refractivity contribution in [2.45, 2.75) is 0 Å². The first-order valence-corrected chi connectivity index (χ1v) is 10.0. The van der Waals surface area contributed by atoms with Gasteiger partial charge in [-0.1, -0.05) is 36.4 Å². The molecule has 0 bridgehead atoms. The second kappa shape index (κ2) is 7.47. The maximum absolute atomic E-state index is 12.9. The molecule has 4 heterocycles. The van der Waals surface area contributed by atoms with Crippen molar-refractivity contribution in [3.8, 4) is 0 Å². The largest absolute Gasteiger partial charge is 0.754 e. The molecule has 0 atom stereocenters. The lowest BCUT2D eigenvalue weighted by atomic mass is 9.99. The molecule has 5 rings (SSSR count). The Morgan fingerprint density at radius 3 is 2.55 bits per heavy atom. The lowest BCUT2D eigenvalue weighted by Crippen LogP contribution is -2.48. The van der Waals surface area contributed by atoms with Crippen LogP contribution in [0, 0.1) is 5.21 Å². The molecule has 0 aliphatic carbocycles. The molecule has 8 nitrogen and oxygen atoms in total. The zero-order valence-corrected chi connectivity index (χ0v) is 16.2. The highest BCUT2D eigenvalue weighted by molar-refractivity contribution is 5.81. The van der Waals surface area contributed by atoms with E-state index in [1.165, 1.54) is 0 Å². The molecule has 4 aliphatic heterocycles. The van der Waals surface area contributed by atoms with Gasteiger partial charge >= 0.3 is 0 Å². The third kappa shape index (κ3) is 3.25. The molecule has 0 saturated carbocycles. The molecule has 4 aliphatic rings. The fraction of sp³-hybridized carbons (Fsp3) is 0.333. The van der Waals surface area contributed by atoms with Crippen LogP contribution in [0.3, 0.4) is 0 Å². The van der Waals surface area contributed by atoms with E-state index in [0.717, 1.165) is 66.4 Å². The molecule has 29 heavy (non-hydrogen) atoms. The van der Waals surface area contributed by atoms with E-state index in [4.69, 9.17) is 5.11 Å². The maximum Gasteiger partial charge on any atom is 0.136 e. The Bertz CT molecular complexity index is 899. The predicted octanol–water partition coefficient (Wildman–Crippen LogP) is 0.769. The van der Waals surface area contributed by atoms with Gasteiger partial charge in [-0.2, -0.15) is 0 Å². The molecule has 152 valence electrons. The standard InChI is InChI=1S/C21H25N6O2/c28-13-12-24-8-10-25(11-9-24)18-14-26-19(23-18)15-27(29)20-17(6-7-22-21(20)26)16-4-2-1-3-5-16/h1-6,14-15,22-23,28H,7-13H2/q-1. The summed E-state index contributed by atoms with van der Waals surface area (Å²) in [5, 5.41) is 29.8. The number of nitrogens with one attached hydrogen (secondary N) is 2. The van der Waals surface area contributed by atoms with E-state index in [1.807, 2.05) is 35.2 Å². The number of aliphatic hydroxyl groups is 1. The molecule has 3 N–H and O–H groups in total. The van der Waals surface area contributed by atoms with Crippen molar-refractivity contribution in [1.29, 1.82) is 0 Å². The third-order valence-electron chi connectivity index (χ3n) is 5.74. The van der Waals surface area contributed by atoms with Gasteiger partial charge in [0.2, 0.25) is 0 Å². The smallest absolute Gasteiger partial charge is 0.136 e.